The highest BCUT2D eigenvalue weighted by Gasteiger charge is 2.14. The molecule has 1 rings (SSSR count). The van der Waals surface area contributed by atoms with Crippen molar-refractivity contribution in [1.29, 1.82) is 0 Å². The zero-order chi connectivity index (χ0) is 13.9. The Bertz CT molecular complexity index is 431. The van der Waals surface area contributed by atoms with Crippen molar-refractivity contribution in [3.63, 3.8) is 0 Å². The molecule has 0 saturated heterocycles. The molecular weight excluding hydrogens is 224 g/mol. The second kappa shape index (κ2) is 5.53. The van der Waals surface area contributed by atoms with E-state index in [1.807, 2.05) is 0 Å². The van der Waals surface area contributed by atoms with Crippen LogP contribution >= 0.6 is 0 Å². The Balaban J connectivity index is 2.78. The van der Waals surface area contributed by atoms with Crippen molar-refractivity contribution in [1.82, 2.24) is 5.01 Å². The van der Waals surface area contributed by atoms with Crippen LogP contribution in [0.5, 0.6) is 0 Å². The van der Waals surface area contributed by atoms with Gasteiger partial charge < -0.3 is 0 Å². The van der Waals surface area contributed by atoms with Crippen LogP contribution in [-0.4, -0.2) is 18.0 Å². The highest BCUT2D eigenvalue weighted by atomic mass is 16.2. The minimum atomic E-state index is -0.0331. The molecule has 1 aromatic rings. The third-order valence-corrected chi connectivity index (χ3v) is 3.21. The summed E-state index contributed by atoms with van der Waals surface area (Å²) in [4.78, 5) is 11.5. The number of hydrazine groups is 1. The van der Waals surface area contributed by atoms with Crippen LogP contribution in [0.2, 0.25) is 0 Å². The van der Waals surface area contributed by atoms with E-state index in [1.165, 1.54) is 16.7 Å². The number of hydrogen-bond donors (Lipinski definition) is 1. The van der Waals surface area contributed by atoms with Crippen molar-refractivity contribution in [3.8, 4) is 0 Å². The standard InChI is InChI=1S/C15H24N2O/c1-11-10-13(15(2,3)4)8-6-12(11)7-9-14(18)17(5)16/h6,8,10H,7,9,16H2,1-5H3. The molecule has 0 fully saturated rings. The Labute approximate surface area is 110 Å². The number of aryl methyl sites for hydroxylation is 2. The van der Waals surface area contributed by atoms with Gasteiger partial charge in [-0.1, -0.05) is 39.0 Å². The Morgan fingerprint density at radius 3 is 2.39 bits per heavy atom. The Morgan fingerprint density at radius 1 is 1.33 bits per heavy atom. The molecule has 0 bridgehead atoms. The third-order valence-electron chi connectivity index (χ3n) is 3.21. The zero-order valence-corrected chi connectivity index (χ0v) is 12.1. The number of nitrogens with zero attached hydrogens (tertiary/aromatic N) is 1. The van der Waals surface area contributed by atoms with Crippen LogP contribution in [-0.2, 0) is 16.6 Å². The van der Waals surface area contributed by atoms with Gasteiger partial charge in [0, 0.05) is 13.5 Å². The van der Waals surface area contributed by atoms with Gasteiger partial charge in [0.15, 0.2) is 0 Å². The molecule has 18 heavy (non-hydrogen) atoms. The third kappa shape index (κ3) is 3.84. The first-order valence-electron chi connectivity index (χ1n) is 6.33. The van der Waals surface area contributed by atoms with Crippen LogP contribution < -0.4 is 5.84 Å². The molecular formula is C15H24N2O. The molecule has 0 atom stereocenters. The molecule has 0 aromatic heterocycles. The van der Waals surface area contributed by atoms with Crippen molar-refractivity contribution in [3.05, 3.63) is 34.9 Å². The maximum Gasteiger partial charge on any atom is 0.236 e. The second-order valence-electron chi connectivity index (χ2n) is 5.90. The Morgan fingerprint density at radius 2 is 1.94 bits per heavy atom. The first kappa shape index (κ1) is 14.7. The van der Waals surface area contributed by atoms with E-state index in [2.05, 4.69) is 45.9 Å². The summed E-state index contributed by atoms with van der Waals surface area (Å²) < 4.78 is 0. The van der Waals surface area contributed by atoms with Gasteiger partial charge in [-0.05, 0) is 35.4 Å². The molecule has 0 aliphatic rings. The molecule has 3 nitrogen and oxygen atoms in total. The lowest BCUT2D eigenvalue weighted by atomic mass is 9.85. The molecule has 0 aliphatic heterocycles. The van der Waals surface area contributed by atoms with Crippen LogP contribution in [0.25, 0.3) is 0 Å². The van der Waals surface area contributed by atoms with E-state index in [4.69, 9.17) is 5.84 Å². The monoisotopic (exact) mass is 248 g/mol. The molecule has 0 radical (unpaired) electrons. The number of nitrogens with two attached hydrogens (primary N) is 1. The Hall–Kier alpha value is -1.35. The number of carbonyl (C=O) groups excluding carboxylic acids is 1. The van der Waals surface area contributed by atoms with Gasteiger partial charge in [0.2, 0.25) is 5.91 Å². The quantitative estimate of drug-likeness (QED) is 0.507. The molecule has 2 N–H and O–H groups in total. The van der Waals surface area contributed by atoms with Crippen LogP contribution in [0, 0.1) is 6.92 Å². The maximum absolute atomic E-state index is 11.5. The van der Waals surface area contributed by atoms with Gasteiger partial charge in [-0.25, -0.2) is 5.84 Å². The van der Waals surface area contributed by atoms with E-state index in [-0.39, 0.29) is 11.3 Å². The summed E-state index contributed by atoms with van der Waals surface area (Å²) in [6, 6.07) is 6.49. The summed E-state index contributed by atoms with van der Waals surface area (Å²) in [5.74, 6) is 5.37. The lowest BCUT2D eigenvalue weighted by Crippen LogP contribution is -2.33. The van der Waals surface area contributed by atoms with Crippen LogP contribution in [0.15, 0.2) is 18.2 Å². The number of carbonyl (C=O) groups is 1. The molecule has 0 saturated carbocycles. The minimum Gasteiger partial charge on any atom is -0.284 e. The smallest absolute Gasteiger partial charge is 0.236 e. The summed E-state index contributed by atoms with van der Waals surface area (Å²) in [5.41, 5.74) is 3.95. The van der Waals surface area contributed by atoms with Crippen molar-refractivity contribution >= 4 is 5.91 Å². The van der Waals surface area contributed by atoms with Gasteiger partial charge >= 0.3 is 0 Å². The number of rotatable bonds is 3. The highest BCUT2D eigenvalue weighted by Crippen LogP contribution is 2.24. The fourth-order valence-electron chi connectivity index (χ4n) is 1.86. The molecule has 0 spiro atoms. The van der Waals surface area contributed by atoms with Crippen molar-refractivity contribution in [2.24, 2.45) is 5.84 Å². The Kier molecular flexibility index (Phi) is 4.52. The topological polar surface area (TPSA) is 46.3 Å². The van der Waals surface area contributed by atoms with E-state index in [0.29, 0.717) is 6.42 Å². The van der Waals surface area contributed by atoms with Gasteiger partial charge in [0.25, 0.3) is 0 Å². The summed E-state index contributed by atoms with van der Waals surface area (Å²) >= 11 is 0. The average molecular weight is 248 g/mol. The van der Waals surface area contributed by atoms with Crippen molar-refractivity contribution < 1.29 is 4.79 Å². The average Bonchev–Trinajstić information content (AvgIpc) is 2.25. The summed E-state index contributed by atoms with van der Waals surface area (Å²) in [6.07, 6.45) is 1.21. The van der Waals surface area contributed by atoms with Gasteiger partial charge in [0.1, 0.15) is 0 Å². The lowest BCUT2D eigenvalue weighted by Gasteiger charge is -2.20. The molecule has 1 aromatic carbocycles. The molecule has 100 valence electrons. The SMILES string of the molecule is Cc1cc(C(C)(C)C)ccc1CCC(=O)N(C)N. The first-order valence-corrected chi connectivity index (χ1v) is 6.33. The molecule has 0 aliphatic carbocycles. The lowest BCUT2D eigenvalue weighted by molar-refractivity contribution is -0.130. The predicted octanol–water partition coefficient (Wildman–Crippen LogP) is 2.56. The van der Waals surface area contributed by atoms with E-state index in [0.717, 1.165) is 11.4 Å². The highest BCUT2D eigenvalue weighted by molar-refractivity contribution is 5.75. The number of amides is 1. The van der Waals surface area contributed by atoms with E-state index >= 15 is 0 Å². The zero-order valence-electron chi connectivity index (χ0n) is 12.1. The van der Waals surface area contributed by atoms with Gasteiger partial charge in [0.05, 0.1) is 0 Å². The second-order valence-corrected chi connectivity index (χ2v) is 5.90. The predicted molar refractivity (Wildman–Crippen MR) is 75.2 cm³/mol. The summed E-state index contributed by atoms with van der Waals surface area (Å²) in [5, 5.41) is 1.15. The van der Waals surface area contributed by atoms with E-state index in [9.17, 15) is 4.79 Å². The van der Waals surface area contributed by atoms with Gasteiger partial charge in [-0.3, -0.25) is 9.80 Å². The largest absolute Gasteiger partial charge is 0.284 e. The fraction of sp³-hybridized carbons (Fsp3) is 0.533. The van der Waals surface area contributed by atoms with Crippen molar-refractivity contribution in [2.75, 3.05) is 7.05 Å². The van der Waals surface area contributed by atoms with Gasteiger partial charge in [-0.15, -0.1) is 0 Å². The van der Waals surface area contributed by atoms with Crippen LogP contribution in [0.4, 0.5) is 0 Å². The molecule has 1 amide bonds. The normalized spacial score (nSPS) is 11.4. The van der Waals surface area contributed by atoms with E-state index < -0.39 is 0 Å². The molecule has 3 heteroatoms. The molecule has 0 unspecified atom stereocenters. The fourth-order valence-corrected chi connectivity index (χ4v) is 1.86. The number of benzene rings is 1. The van der Waals surface area contributed by atoms with Gasteiger partial charge in [-0.2, -0.15) is 0 Å². The summed E-state index contributed by atoms with van der Waals surface area (Å²) in [6.45, 7) is 8.71. The van der Waals surface area contributed by atoms with Crippen molar-refractivity contribution in [2.45, 2.75) is 46.0 Å². The molecule has 0 heterocycles. The number of hydrogen-bond acceptors (Lipinski definition) is 2. The summed E-state index contributed by atoms with van der Waals surface area (Å²) in [7, 11) is 1.58. The van der Waals surface area contributed by atoms with Crippen LogP contribution in [0.1, 0.15) is 43.9 Å². The minimum absolute atomic E-state index is 0.0331. The van der Waals surface area contributed by atoms with Crippen LogP contribution in [0.3, 0.4) is 0 Å². The first-order chi connectivity index (χ1) is 8.21. The maximum atomic E-state index is 11.5. The van der Waals surface area contributed by atoms with E-state index in [1.54, 1.807) is 7.05 Å².